The molecule has 1 N–H and O–H groups in total. The Bertz CT molecular complexity index is 509. The highest BCUT2D eigenvalue weighted by molar-refractivity contribution is 7.99. The van der Waals surface area contributed by atoms with Gasteiger partial charge in [-0.25, -0.2) is 4.98 Å². The quantitative estimate of drug-likeness (QED) is 0.824. The number of nitrogens with zero attached hydrogens (tertiary/aromatic N) is 4. The van der Waals surface area contributed by atoms with Gasteiger partial charge in [0.25, 0.3) is 0 Å². The number of carboxylic acids is 1. The van der Waals surface area contributed by atoms with Gasteiger partial charge >= 0.3 is 5.97 Å². The van der Waals surface area contributed by atoms with Crippen molar-refractivity contribution < 1.29 is 9.90 Å². The molecule has 0 spiro atoms. The highest BCUT2D eigenvalue weighted by Crippen LogP contribution is 2.18. The Kier molecular flexibility index (Phi) is 3.75. The molecule has 2 heterocycles. The van der Waals surface area contributed by atoms with Crippen molar-refractivity contribution in [3.8, 4) is 0 Å². The second-order valence-corrected chi connectivity index (χ2v) is 4.94. The summed E-state index contributed by atoms with van der Waals surface area (Å²) in [6.07, 6.45) is 0. The Balaban J connectivity index is 2.14. The lowest BCUT2D eigenvalue weighted by Crippen LogP contribution is -2.06. The van der Waals surface area contributed by atoms with Crippen LogP contribution in [0.15, 0.2) is 16.0 Å². The first kappa shape index (κ1) is 12.1. The van der Waals surface area contributed by atoms with E-state index in [1.165, 1.54) is 11.3 Å². The van der Waals surface area contributed by atoms with Crippen LogP contribution in [-0.2, 0) is 11.3 Å². The minimum atomic E-state index is -0.865. The lowest BCUT2D eigenvalue weighted by atomic mass is 10.5. The number of thiazole rings is 1. The summed E-state index contributed by atoms with van der Waals surface area (Å²) in [5, 5.41) is 19.1. The minimum absolute atomic E-state index is 0.0187. The van der Waals surface area contributed by atoms with E-state index < -0.39 is 5.97 Å². The first-order chi connectivity index (χ1) is 8.16. The number of aryl methyl sites for hydroxylation is 1. The lowest BCUT2D eigenvalue weighted by Gasteiger charge is -2.05. The lowest BCUT2D eigenvalue weighted by molar-refractivity contribution is -0.133. The molecule has 6 nitrogen and oxygen atoms in total. The Labute approximate surface area is 106 Å². The number of hydrogen-bond acceptors (Lipinski definition) is 6. The maximum absolute atomic E-state index is 10.5. The molecule has 0 aliphatic heterocycles. The summed E-state index contributed by atoms with van der Waals surface area (Å²) < 4.78 is 1.86. The van der Waals surface area contributed by atoms with E-state index in [-0.39, 0.29) is 5.75 Å². The highest BCUT2D eigenvalue weighted by Gasteiger charge is 2.12. The predicted molar refractivity (Wildman–Crippen MR) is 64.3 cm³/mol. The van der Waals surface area contributed by atoms with E-state index in [9.17, 15) is 4.79 Å². The zero-order chi connectivity index (χ0) is 12.3. The number of hydrogen-bond donors (Lipinski definition) is 1. The SMILES string of the molecule is Cc1nnc(SCC(=O)O)n1Cc1cscn1. The van der Waals surface area contributed by atoms with Gasteiger partial charge in [-0.05, 0) is 6.92 Å². The molecule has 0 unspecified atom stereocenters. The van der Waals surface area contributed by atoms with Crippen molar-refractivity contribution in [2.24, 2.45) is 0 Å². The Hall–Kier alpha value is -1.41. The topological polar surface area (TPSA) is 80.9 Å². The van der Waals surface area contributed by atoms with Crippen molar-refractivity contribution in [1.29, 1.82) is 0 Å². The minimum Gasteiger partial charge on any atom is -0.481 e. The molecule has 2 rings (SSSR count). The summed E-state index contributed by atoms with van der Waals surface area (Å²) in [6.45, 7) is 2.41. The molecule has 0 radical (unpaired) electrons. The second kappa shape index (κ2) is 5.28. The van der Waals surface area contributed by atoms with Crippen LogP contribution >= 0.6 is 23.1 Å². The second-order valence-electron chi connectivity index (χ2n) is 3.28. The Morgan fingerprint density at radius 1 is 1.59 bits per heavy atom. The molecule has 0 saturated carbocycles. The van der Waals surface area contributed by atoms with E-state index in [4.69, 9.17) is 5.11 Å². The molecule has 0 atom stereocenters. The number of aliphatic carboxylic acids is 1. The van der Waals surface area contributed by atoms with E-state index in [0.717, 1.165) is 23.3 Å². The first-order valence-corrected chi connectivity index (χ1v) is 6.71. The number of carboxylic acid groups (broad SMARTS) is 1. The summed E-state index contributed by atoms with van der Waals surface area (Å²) in [5.74, 6) is -0.128. The van der Waals surface area contributed by atoms with Crippen LogP contribution in [0.25, 0.3) is 0 Å². The zero-order valence-corrected chi connectivity index (χ0v) is 10.7. The summed E-state index contributed by atoms with van der Waals surface area (Å²) in [6, 6.07) is 0. The zero-order valence-electron chi connectivity index (χ0n) is 9.03. The van der Waals surface area contributed by atoms with Gasteiger partial charge in [0.15, 0.2) is 5.16 Å². The van der Waals surface area contributed by atoms with Crippen LogP contribution in [0.3, 0.4) is 0 Å². The van der Waals surface area contributed by atoms with Gasteiger partial charge in [0.2, 0.25) is 0 Å². The molecule has 0 aliphatic carbocycles. The maximum Gasteiger partial charge on any atom is 0.313 e. The standard InChI is InChI=1S/C9H10N4O2S2/c1-6-11-12-9(17-4-8(14)15)13(6)2-7-3-16-5-10-7/h3,5H,2,4H2,1H3,(H,14,15). The van der Waals surface area contributed by atoms with Crippen LogP contribution in [0.4, 0.5) is 0 Å². The largest absolute Gasteiger partial charge is 0.481 e. The third-order valence-corrected chi connectivity index (χ3v) is 3.62. The number of rotatable bonds is 5. The number of thioether (sulfide) groups is 1. The molecule has 0 fully saturated rings. The third kappa shape index (κ3) is 3.04. The summed E-state index contributed by atoms with van der Waals surface area (Å²) in [5.41, 5.74) is 2.69. The molecule has 0 amide bonds. The van der Waals surface area contributed by atoms with E-state index in [1.54, 1.807) is 5.51 Å². The molecule has 0 bridgehead atoms. The predicted octanol–water partition coefficient (Wildman–Crippen LogP) is 1.27. The van der Waals surface area contributed by atoms with E-state index in [2.05, 4.69) is 15.2 Å². The third-order valence-electron chi connectivity index (χ3n) is 2.03. The van der Waals surface area contributed by atoms with Crippen molar-refractivity contribution in [2.45, 2.75) is 18.6 Å². The molecular formula is C9H10N4O2S2. The van der Waals surface area contributed by atoms with E-state index >= 15 is 0 Å². The number of carbonyl (C=O) groups is 1. The van der Waals surface area contributed by atoms with Gasteiger partial charge in [0.1, 0.15) is 5.82 Å². The van der Waals surface area contributed by atoms with Crippen molar-refractivity contribution in [3.63, 3.8) is 0 Å². The molecule has 0 aliphatic rings. The van der Waals surface area contributed by atoms with Crippen LogP contribution in [0.5, 0.6) is 0 Å². The van der Waals surface area contributed by atoms with Crippen LogP contribution in [-0.4, -0.2) is 36.6 Å². The molecule has 17 heavy (non-hydrogen) atoms. The molecule has 2 aromatic rings. The van der Waals surface area contributed by atoms with E-state index in [1.807, 2.05) is 16.9 Å². The first-order valence-electron chi connectivity index (χ1n) is 4.78. The normalized spacial score (nSPS) is 10.6. The molecule has 0 saturated heterocycles. The average molecular weight is 270 g/mol. The number of aromatic nitrogens is 4. The van der Waals surface area contributed by atoms with Gasteiger partial charge in [-0.2, -0.15) is 0 Å². The smallest absolute Gasteiger partial charge is 0.313 e. The van der Waals surface area contributed by atoms with Crippen LogP contribution < -0.4 is 0 Å². The van der Waals surface area contributed by atoms with Crippen molar-refractivity contribution in [1.82, 2.24) is 19.7 Å². The molecule has 2 aromatic heterocycles. The van der Waals surface area contributed by atoms with Crippen molar-refractivity contribution in [3.05, 3.63) is 22.4 Å². The summed E-state index contributed by atoms with van der Waals surface area (Å²) in [7, 11) is 0. The molecule has 0 aromatic carbocycles. The van der Waals surface area contributed by atoms with Crippen LogP contribution in [0, 0.1) is 6.92 Å². The van der Waals surface area contributed by atoms with Crippen molar-refractivity contribution in [2.75, 3.05) is 5.75 Å². The fourth-order valence-electron chi connectivity index (χ4n) is 1.25. The van der Waals surface area contributed by atoms with Gasteiger partial charge in [-0.15, -0.1) is 21.5 Å². The average Bonchev–Trinajstić information content (AvgIpc) is 2.89. The fraction of sp³-hybridized carbons (Fsp3) is 0.333. The Morgan fingerprint density at radius 2 is 2.41 bits per heavy atom. The van der Waals surface area contributed by atoms with E-state index in [0.29, 0.717) is 11.7 Å². The highest BCUT2D eigenvalue weighted by atomic mass is 32.2. The Morgan fingerprint density at radius 3 is 3.06 bits per heavy atom. The van der Waals surface area contributed by atoms with Gasteiger partial charge in [0.05, 0.1) is 23.5 Å². The van der Waals surface area contributed by atoms with Gasteiger partial charge < -0.3 is 9.67 Å². The van der Waals surface area contributed by atoms with Gasteiger partial charge in [-0.1, -0.05) is 11.8 Å². The van der Waals surface area contributed by atoms with Gasteiger partial charge in [0, 0.05) is 5.38 Å². The van der Waals surface area contributed by atoms with Crippen molar-refractivity contribution >= 4 is 29.1 Å². The van der Waals surface area contributed by atoms with Gasteiger partial charge in [-0.3, -0.25) is 4.79 Å². The molecule has 90 valence electrons. The molecule has 8 heteroatoms. The molecular weight excluding hydrogens is 260 g/mol. The monoisotopic (exact) mass is 270 g/mol. The maximum atomic E-state index is 10.5. The van der Waals surface area contributed by atoms with Crippen LogP contribution in [0.1, 0.15) is 11.5 Å². The van der Waals surface area contributed by atoms with Crippen LogP contribution in [0.2, 0.25) is 0 Å². The summed E-state index contributed by atoms with van der Waals surface area (Å²) in [4.78, 5) is 14.7. The fourth-order valence-corrected chi connectivity index (χ4v) is 2.51. The summed E-state index contributed by atoms with van der Waals surface area (Å²) >= 11 is 2.69.